The van der Waals surface area contributed by atoms with E-state index in [4.69, 9.17) is 15.2 Å². The van der Waals surface area contributed by atoms with Crippen molar-refractivity contribution < 1.29 is 13.9 Å². The fourth-order valence-corrected chi connectivity index (χ4v) is 3.35. The Hall–Kier alpha value is -3.54. The summed E-state index contributed by atoms with van der Waals surface area (Å²) in [5.41, 5.74) is 8.47. The van der Waals surface area contributed by atoms with Crippen molar-refractivity contribution in [3.8, 4) is 5.75 Å². The van der Waals surface area contributed by atoms with Gasteiger partial charge >= 0.3 is 0 Å². The van der Waals surface area contributed by atoms with E-state index in [9.17, 15) is 4.39 Å². The van der Waals surface area contributed by atoms with Gasteiger partial charge in [-0.3, -0.25) is 0 Å². The van der Waals surface area contributed by atoms with Gasteiger partial charge in [0.15, 0.2) is 17.1 Å². The van der Waals surface area contributed by atoms with E-state index >= 15 is 0 Å². The highest BCUT2D eigenvalue weighted by Gasteiger charge is 2.40. The number of amidine groups is 1. The molecular weight excluding hydrogens is 357 g/mol. The number of nitrogens with zero attached hydrogens (tertiary/aromatic N) is 1. The zero-order valence-corrected chi connectivity index (χ0v) is 15.4. The van der Waals surface area contributed by atoms with Gasteiger partial charge < -0.3 is 20.5 Å². The quantitative estimate of drug-likeness (QED) is 0.700. The standard InChI is InChI=1S/C22H20FN3O2/c1-27-20-13-16(10-11-19(20)23)22(14-28-21(24)26-22)15-6-5-9-18(12-15)25-17-7-3-2-4-8-17/h2-13,25H,14H2,1H3,(H2,24,26)/t22-/m0/s1. The van der Waals surface area contributed by atoms with Crippen LogP contribution in [-0.4, -0.2) is 19.7 Å². The van der Waals surface area contributed by atoms with Crippen molar-refractivity contribution in [2.45, 2.75) is 5.54 Å². The molecule has 3 aromatic rings. The van der Waals surface area contributed by atoms with E-state index in [1.54, 1.807) is 12.1 Å². The summed E-state index contributed by atoms with van der Waals surface area (Å²) in [6.07, 6.45) is 0. The Morgan fingerprint density at radius 2 is 1.75 bits per heavy atom. The van der Waals surface area contributed by atoms with Crippen molar-refractivity contribution in [3.05, 3.63) is 89.7 Å². The average molecular weight is 377 g/mol. The third-order valence-electron chi connectivity index (χ3n) is 4.76. The summed E-state index contributed by atoms with van der Waals surface area (Å²) in [6, 6.07) is 22.5. The molecule has 28 heavy (non-hydrogen) atoms. The van der Waals surface area contributed by atoms with Crippen molar-refractivity contribution in [1.82, 2.24) is 0 Å². The van der Waals surface area contributed by atoms with Crippen molar-refractivity contribution in [3.63, 3.8) is 0 Å². The highest BCUT2D eigenvalue weighted by Crippen LogP contribution is 2.40. The number of nitrogens with two attached hydrogens (primary N) is 1. The van der Waals surface area contributed by atoms with Crippen LogP contribution >= 0.6 is 0 Å². The molecule has 3 aromatic carbocycles. The van der Waals surface area contributed by atoms with Gasteiger partial charge in [0.25, 0.3) is 6.02 Å². The highest BCUT2D eigenvalue weighted by molar-refractivity contribution is 5.75. The number of para-hydroxylation sites is 1. The lowest BCUT2D eigenvalue weighted by Crippen LogP contribution is -2.27. The molecule has 0 saturated carbocycles. The summed E-state index contributed by atoms with van der Waals surface area (Å²) in [5.74, 6) is -0.284. The van der Waals surface area contributed by atoms with E-state index in [0.29, 0.717) is 0 Å². The van der Waals surface area contributed by atoms with Gasteiger partial charge in [0.2, 0.25) is 0 Å². The number of ether oxygens (including phenoxy) is 2. The molecule has 5 nitrogen and oxygen atoms in total. The molecular formula is C22H20FN3O2. The zero-order chi connectivity index (χ0) is 19.6. The van der Waals surface area contributed by atoms with Gasteiger partial charge in [0.1, 0.15) is 6.61 Å². The summed E-state index contributed by atoms with van der Waals surface area (Å²) < 4.78 is 24.6. The van der Waals surface area contributed by atoms with E-state index in [0.717, 1.165) is 22.5 Å². The number of aliphatic imine (C=N–C) groups is 1. The first-order valence-electron chi connectivity index (χ1n) is 8.85. The second kappa shape index (κ2) is 7.23. The van der Waals surface area contributed by atoms with Gasteiger partial charge in [0, 0.05) is 11.4 Å². The molecule has 3 N–H and O–H groups in total. The molecule has 1 atom stereocenters. The Balaban J connectivity index is 1.78. The Morgan fingerprint density at radius 1 is 1.00 bits per heavy atom. The monoisotopic (exact) mass is 377 g/mol. The second-order valence-electron chi connectivity index (χ2n) is 6.52. The fraction of sp³-hybridized carbons (Fsp3) is 0.136. The van der Waals surface area contributed by atoms with Crippen LogP contribution in [0.1, 0.15) is 11.1 Å². The molecule has 0 fully saturated rings. The van der Waals surface area contributed by atoms with Gasteiger partial charge in [0.05, 0.1) is 7.11 Å². The van der Waals surface area contributed by atoms with E-state index in [1.807, 2.05) is 54.6 Å². The van der Waals surface area contributed by atoms with Crippen LogP contribution in [0.2, 0.25) is 0 Å². The Morgan fingerprint density at radius 3 is 2.46 bits per heavy atom. The lowest BCUT2D eigenvalue weighted by Gasteiger charge is -2.26. The normalized spacial score (nSPS) is 18.3. The number of hydrogen-bond acceptors (Lipinski definition) is 5. The third kappa shape index (κ3) is 3.24. The minimum atomic E-state index is -0.876. The molecule has 0 spiro atoms. The van der Waals surface area contributed by atoms with Crippen molar-refractivity contribution in [2.75, 3.05) is 19.0 Å². The average Bonchev–Trinajstić information content (AvgIpc) is 3.12. The molecule has 6 heteroatoms. The molecule has 0 unspecified atom stereocenters. The number of methoxy groups -OCH3 is 1. The molecule has 0 aromatic heterocycles. The molecule has 0 saturated heterocycles. The van der Waals surface area contributed by atoms with Crippen LogP contribution in [0.4, 0.5) is 15.8 Å². The second-order valence-corrected chi connectivity index (χ2v) is 6.52. The molecule has 0 bridgehead atoms. The molecule has 0 aliphatic carbocycles. The van der Waals surface area contributed by atoms with Crippen LogP contribution in [0.5, 0.6) is 5.75 Å². The predicted molar refractivity (Wildman–Crippen MR) is 107 cm³/mol. The minimum absolute atomic E-state index is 0.102. The van der Waals surface area contributed by atoms with Gasteiger partial charge in [-0.15, -0.1) is 0 Å². The SMILES string of the molecule is COc1cc([C@@]2(c3cccc(Nc4ccccc4)c3)COC(N)=N2)ccc1F. The number of benzene rings is 3. The molecule has 0 radical (unpaired) electrons. The maximum Gasteiger partial charge on any atom is 0.283 e. The predicted octanol–water partition coefficient (Wildman–Crippen LogP) is 4.17. The van der Waals surface area contributed by atoms with Crippen LogP contribution in [0.3, 0.4) is 0 Å². The number of rotatable bonds is 5. The number of anilines is 2. The van der Waals surface area contributed by atoms with Crippen LogP contribution in [-0.2, 0) is 10.3 Å². The maximum atomic E-state index is 13.9. The molecule has 1 heterocycles. The van der Waals surface area contributed by atoms with Gasteiger partial charge in [-0.2, -0.15) is 0 Å². The molecule has 0 amide bonds. The number of nitrogens with one attached hydrogen (secondary N) is 1. The Labute approximate surface area is 162 Å². The van der Waals surface area contributed by atoms with Crippen LogP contribution in [0, 0.1) is 5.82 Å². The van der Waals surface area contributed by atoms with E-state index in [-0.39, 0.29) is 18.4 Å². The van der Waals surface area contributed by atoms with Crippen LogP contribution in [0.25, 0.3) is 0 Å². The first kappa shape index (κ1) is 17.9. The van der Waals surface area contributed by atoms with Crippen LogP contribution < -0.4 is 15.8 Å². The fourth-order valence-electron chi connectivity index (χ4n) is 3.35. The zero-order valence-electron chi connectivity index (χ0n) is 15.4. The highest BCUT2D eigenvalue weighted by atomic mass is 19.1. The van der Waals surface area contributed by atoms with Crippen molar-refractivity contribution in [1.29, 1.82) is 0 Å². The van der Waals surface area contributed by atoms with Gasteiger partial charge in [-0.1, -0.05) is 36.4 Å². The summed E-state index contributed by atoms with van der Waals surface area (Å²) in [7, 11) is 1.43. The largest absolute Gasteiger partial charge is 0.494 e. The summed E-state index contributed by atoms with van der Waals surface area (Å²) in [4.78, 5) is 4.58. The molecule has 142 valence electrons. The van der Waals surface area contributed by atoms with Gasteiger partial charge in [-0.25, -0.2) is 9.38 Å². The summed E-state index contributed by atoms with van der Waals surface area (Å²) in [6.45, 7) is 0.225. The Bertz CT molecular complexity index is 1020. The van der Waals surface area contributed by atoms with Crippen LogP contribution in [0.15, 0.2) is 77.8 Å². The molecule has 1 aliphatic heterocycles. The van der Waals surface area contributed by atoms with Gasteiger partial charge in [-0.05, 0) is 47.5 Å². The number of hydrogen-bond donors (Lipinski definition) is 2. The summed E-state index contributed by atoms with van der Waals surface area (Å²) in [5, 5.41) is 3.37. The van der Waals surface area contributed by atoms with Crippen molar-refractivity contribution >= 4 is 17.4 Å². The number of halogens is 1. The molecule has 4 rings (SSSR count). The first-order chi connectivity index (χ1) is 13.6. The maximum absolute atomic E-state index is 13.9. The first-order valence-corrected chi connectivity index (χ1v) is 8.85. The summed E-state index contributed by atoms with van der Waals surface area (Å²) >= 11 is 0. The van der Waals surface area contributed by atoms with E-state index < -0.39 is 11.4 Å². The lowest BCUT2D eigenvalue weighted by atomic mass is 9.84. The minimum Gasteiger partial charge on any atom is -0.494 e. The van der Waals surface area contributed by atoms with E-state index in [2.05, 4.69) is 10.3 Å². The molecule has 1 aliphatic rings. The lowest BCUT2D eigenvalue weighted by molar-refractivity contribution is 0.278. The van der Waals surface area contributed by atoms with Crippen molar-refractivity contribution in [2.24, 2.45) is 10.7 Å². The Kier molecular flexibility index (Phi) is 4.61. The topological polar surface area (TPSA) is 68.9 Å². The third-order valence-corrected chi connectivity index (χ3v) is 4.76. The van der Waals surface area contributed by atoms with E-state index in [1.165, 1.54) is 13.2 Å². The smallest absolute Gasteiger partial charge is 0.283 e.